The Morgan fingerprint density at radius 3 is 2.39 bits per heavy atom. The van der Waals surface area contributed by atoms with Crippen LogP contribution < -0.4 is 0 Å². The SMILES string of the molecule is CCc1c2c(nn1CC1CC1)CCN(CCC1CCC(CC(=O)OC(C)(C)C)CC1)C2. The Hall–Kier alpha value is -1.36. The highest BCUT2D eigenvalue weighted by molar-refractivity contribution is 5.70. The van der Waals surface area contributed by atoms with E-state index in [1.807, 2.05) is 20.8 Å². The average molecular weight is 430 g/mol. The van der Waals surface area contributed by atoms with Crippen LogP contribution in [-0.4, -0.2) is 39.3 Å². The Morgan fingerprint density at radius 1 is 1.06 bits per heavy atom. The van der Waals surface area contributed by atoms with E-state index in [0.29, 0.717) is 12.3 Å². The molecule has 2 fully saturated rings. The highest BCUT2D eigenvalue weighted by Gasteiger charge is 2.29. The molecule has 2 aliphatic carbocycles. The zero-order chi connectivity index (χ0) is 22.0. The second-order valence-electron chi connectivity index (χ2n) is 11.3. The Bertz CT molecular complexity index is 751. The molecular weight excluding hydrogens is 386 g/mol. The van der Waals surface area contributed by atoms with Crippen molar-refractivity contribution in [3.8, 4) is 0 Å². The third kappa shape index (κ3) is 6.34. The van der Waals surface area contributed by atoms with Crippen LogP contribution in [0.2, 0.25) is 0 Å². The molecule has 31 heavy (non-hydrogen) atoms. The van der Waals surface area contributed by atoms with Crippen molar-refractivity contribution in [3.63, 3.8) is 0 Å². The molecule has 0 amide bonds. The van der Waals surface area contributed by atoms with Gasteiger partial charge in [-0.1, -0.05) is 19.8 Å². The number of nitrogens with zero attached hydrogens (tertiary/aromatic N) is 3. The minimum Gasteiger partial charge on any atom is -0.460 e. The lowest BCUT2D eigenvalue weighted by atomic mass is 9.79. The van der Waals surface area contributed by atoms with E-state index in [4.69, 9.17) is 9.84 Å². The van der Waals surface area contributed by atoms with Crippen LogP contribution in [0.4, 0.5) is 0 Å². The number of aromatic nitrogens is 2. The number of rotatable bonds is 8. The van der Waals surface area contributed by atoms with Crippen LogP contribution in [-0.2, 0) is 35.5 Å². The van der Waals surface area contributed by atoms with Gasteiger partial charge >= 0.3 is 5.97 Å². The van der Waals surface area contributed by atoms with Gasteiger partial charge in [0.2, 0.25) is 0 Å². The van der Waals surface area contributed by atoms with Crippen LogP contribution in [0.15, 0.2) is 0 Å². The molecule has 1 aromatic rings. The Kier molecular flexibility index (Phi) is 7.10. The van der Waals surface area contributed by atoms with Crippen LogP contribution in [0.3, 0.4) is 0 Å². The number of carbonyl (C=O) groups excluding carboxylic acids is 1. The number of hydrogen-bond donors (Lipinski definition) is 0. The minimum absolute atomic E-state index is 0.0194. The van der Waals surface area contributed by atoms with Crippen molar-refractivity contribution in [1.82, 2.24) is 14.7 Å². The number of carbonyl (C=O) groups is 1. The Morgan fingerprint density at radius 2 is 1.74 bits per heavy atom. The third-order valence-electron chi connectivity index (χ3n) is 7.45. The zero-order valence-corrected chi connectivity index (χ0v) is 20.3. The quantitative estimate of drug-likeness (QED) is 0.537. The number of esters is 1. The lowest BCUT2D eigenvalue weighted by Gasteiger charge is -2.32. The summed E-state index contributed by atoms with van der Waals surface area (Å²) in [6.07, 6.45) is 11.8. The monoisotopic (exact) mass is 429 g/mol. The van der Waals surface area contributed by atoms with Gasteiger partial charge in [-0.25, -0.2) is 0 Å². The molecular formula is C26H43N3O2. The highest BCUT2D eigenvalue weighted by atomic mass is 16.6. The van der Waals surface area contributed by atoms with Crippen LogP contribution in [0.5, 0.6) is 0 Å². The lowest BCUT2D eigenvalue weighted by molar-refractivity contribution is -0.156. The van der Waals surface area contributed by atoms with Crippen molar-refractivity contribution < 1.29 is 9.53 Å². The van der Waals surface area contributed by atoms with E-state index >= 15 is 0 Å². The number of hydrogen-bond acceptors (Lipinski definition) is 4. The van der Waals surface area contributed by atoms with E-state index in [1.165, 1.54) is 68.4 Å². The maximum Gasteiger partial charge on any atom is 0.306 e. The first-order valence-electron chi connectivity index (χ1n) is 12.8. The van der Waals surface area contributed by atoms with Crippen molar-refractivity contribution in [1.29, 1.82) is 0 Å². The van der Waals surface area contributed by atoms with Crippen molar-refractivity contribution in [2.45, 2.75) is 111 Å². The third-order valence-corrected chi connectivity index (χ3v) is 7.45. The average Bonchev–Trinajstić information content (AvgIpc) is 3.45. The van der Waals surface area contributed by atoms with Crippen molar-refractivity contribution in [2.24, 2.45) is 17.8 Å². The molecule has 0 bridgehead atoms. The summed E-state index contributed by atoms with van der Waals surface area (Å²) in [5.74, 6) is 2.20. The van der Waals surface area contributed by atoms with E-state index in [1.54, 1.807) is 0 Å². The molecule has 0 aromatic carbocycles. The van der Waals surface area contributed by atoms with E-state index < -0.39 is 0 Å². The number of ether oxygens (including phenoxy) is 1. The summed E-state index contributed by atoms with van der Waals surface area (Å²) in [6.45, 7) is 12.7. The summed E-state index contributed by atoms with van der Waals surface area (Å²) in [7, 11) is 0. The van der Waals surface area contributed by atoms with E-state index in [0.717, 1.165) is 44.3 Å². The van der Waals surface area contributed by atoms with Gasteiger partial charge in [0.05, 0.1) is 5.69 Å². The normalized spacial score (nSPS) is 24.8. The maximum atomic E-state index is 12.1. The molecule has 1 aliphatic heterocycles. The molecule has 1 aromatic heterocycles. The summed E-state index contributed by atoms with van der Waals surface area (Å²) in [5.41, 5.74) is 4.04. The molecule has 2 heterocycles. The second-order valence-corrected chi connectivity index (χ2v) is 11.3. The molecule has 5 heteroatoms. The molecule has 0 atom stereocenters. The fourth-order valence-corrected chi connectivity index (χ4v) is 5.53. The van der Waals surface area contributed by atoms with E-state index in [9.17, 15) is 4.79 Å². The van der Waals surface area contributed by atoms with Gasteiger partial charge in [0.25, 0.3) is 0 Å². The first kappa shape index (κ1) is 22.8. The van der Waals surface area contributed by atoms with Gasteiger partial charge in [-0.2, -0.15) is 5.10 Å². The number of fused-ring (bicyclic) bond motifs is 1. The Balaban J connectivity index is 1.21. The first-order valence-corrected chi connectivity index (χ1v) is 12.8. The van der Waals surface area contributed by atoms with E-state index in [2.05, 4.69) is 16.5 Å². The summed E-state index contributed by atoms with van der Waals surface area (Å²) < 4.78 is 7.86. The molecule has 0 saturated heterocycles. The summed E-state index contributed by atoms with van der Waals surface area (Å²) in [4.78, 5) is 14.8. The van der Waals surface area contributed by atoms with Crippen LogP contribution >= 0.6 is 0 Å². The predicted molar refractivity (Wildman–Crippen MR) is 124 cm³/mol. The minimum atomic E-state index is -0.366. The molecule has 0 N–H and O–H groups in total. The van der Waals surface area contributed by atoms with Gasteiger partial charge < -0.3 is 4.74 Å². The lowest BCUT2D eigenvalue weighted by Crippen LogP contribution is -2.33. The van der Waals surface area contributed by atoms with Gasteiger partial charge in [-0.15, -0.1) is 0 Å². The maximum absolute atomic E-state index is 12.1. The molecule has 5 nitrogen and oxygen atoms in total. The second kappa shape index (κ2) is 9.64. The molecule has 0 radical (unpaired) electrons. The largest absolute Gasteiger partial charge is 0.460 e. The van der Waals surface area contributed by atoms with E-state index in [-0.39, 0.29) is 11.6 Å². The van der Waals surface area contributed by atoms with Crippen LogP contribution in [0, 0.1) is 17.8 Å². The van der Waals surface area contributed by atoms with Crippen LogP contribution in [0.25, 0.3) is 0 Å². The summed E-state index contributed by atoms with van der Waals surface area (Å²) in [5, 5.41) is 4.99. The first-order chi connectivity index (χ1) is 14.8. The topological polar surface area (TPSA) is 47.4 Å². The molecule has 0 unspecified atom stereocenters. The molecule has 2 saturated carbocycles. The van der Waals surface area contributed by atoms with Crippen molar-refractivity contribution >= 4 is 5.97 Å². The smallest absolute Gasteiger partial charge is 0.306 e. The Labute approximate surface area is 188 Å². The summed E-state index contributed by atoms with van der Waals surface area (Å²) in [6, 6.07) is 0. The van der Waals surface area contributed by atoms with Crippen molar-refractivity contribution in [3.05, 3.63) is 17.0 Å². The van der Waals surface area contributed by atoms with Gasteiger partial charge in [0.15, 0.2) is 0 Å². The summed E-state index contributed by atoms with van der Waals surface area (Å²) >= 11 is 0. The fraction of sp³-hybridized carbons (Fsp3) is 0.846. The van der Waals surface area contributed by atoms with Gasteiger partial charge in [0.1, 0.15) is 5.60 Å². The van der Waals surface area contributed by atoms with Gasteiger partial charge in [0, 0.05) is 43.7 Å². The molecule has 174 valence electrons. The molecule has 4 rings (SSSR count). The van der Waals surface area contributed by atoms with Crippen molar-refractivity contribution in [2.75, 3.05) is 13.1 Å². The predicted octanol–water partition coefficient (Wildman–Crippen LogP) is 5.14. The fourth-order valence-electron chi connectivity index (χ4n) is 5.53. The van der Waals surface area contributed by atoms with Gasteiger partial charge in [-0.05, 0) is 83.6 Å². The molecule has 0 spiro atoms. The zero-order valence-electron chi connectivity index (χ0n) is 20.3. The molecule has 3 aliphatic rings. The van der Waals surface area contributed by atoms with Crippen LogP contribution in [0.1, 0.15) is 96.0 Å². The standard InChI is InChI=1S/C26H43N3O2/c1-5-24-22-18-28(15-13-23(22)27-29(24)17-21-10-11-21)14-12-19-6-8-20(9-7-19)16-25(30)31-26(2,3)4/h19-21H,5-18H2,1-4H3. The highest BCUT2D eigenvalue weighted by Crippen LogP contribution is 2.35. The van der Waals surface area contributed by atoms with Gasteiger partial charge in [-0.3, -0.25) is 14.4 Å².